The van der Waals surface area contributed by atoms with Gasteiger partial charge < -0.3 is 9.47 Å². The SMILES string of the molecule is COc1cc(/C=N\Nc2ccc([N+](=O)[O-])cc2)cc(I)c1OCc1ccc(Cl)cc1. The molecule has 0 aromatic heterocycles. The molecule has 0 saturated carbocycles. The summed E-state index contributed by atoms with van der Waals surface area (Å²) in [5.74, 6) is 1.24. The molecule has 0 atom stereocenters. The summed E-state index contributed by atoms with van der Waals surface area (Å²) in [4.78, 5) is 10.3. The molecule has 154 valence electrons. The minimum Gasteiger partial charge on any atom is -0.493 e. The summed E-state index contributed by atoms with van der Waals surface area (Å²) in [5, 5.41) is 15.6. The molecule has 3 aromatic rings. The predicted molar refractivity (Wildman–Crippen MR) is 126 cm³/mol. The molecule has 0 aliphatic carbocycles. The topological polar surface area (TPSA) is 86.0 Å². The van der Waals surface area contributed by atoms with E-state index < -0.39 is 4.92 Å². The van der Waals surface area contributed by atoms with Gasteiger partial charge in [0.25, 0.3) is 5.69 Å². The number of methoxy groups -OCH3 is 1. The Morgan fingerprint density at radius 2 is 1.87 bits per heavy atom. The fourth-order valence-corrected chi connectivity index (χ4v) is 3.44. The Balaban J connectivity index is 1.68. The largest absolute Gasteiger partial charge is 0.493 e. The molecule has 3 rings (SSSR count). The molecule has 7 nitrogen and oxygen atoms in total. The lowest BCUT2D eigenvalue weighted by molar-refractivity contribution is -0.384. The summed E-state index contributed by atoms with van der Waals surface area (Å²) >= 11 is 8.10. The number of hydrogen-bond donors (Lipinski definition) is 1. The molecular weight excluding hydrogens is 521 g/mol. The third-order valence-electron chi connectivity index (χ3n) is 4.03. The number of nitrogens with zero attached hydrogens (tertiary/aromatic N) is 2. The van der Waals surface area contributed by atoms with E-state index in [4.69, 9.17) is 21.1 Å². The molecule has 3 aromatic carbocycles. The molecule has 1 N–H and O–H groups in total. The molecule has 0 amide bonds. The molecule has 0 unspecified atom stereocenters. The van der Waals surface area contributed by atoms with Crippen molar-refractivity contribution in [3.8, 4) is 11.5 Å². The summed E-state index contributed by atoms with van der Waals surface area (Å²) in [5.41, 5.74) is 5.31. The van der Waals surface area contributed by atoms with Crippen molar-refractivity contribution >= 4 is 51.8 Å². The molecule has 0 aliphatic heterocycles. The minimum absolute atomic E-state index is 0.0259. The predicted octanol–water partition coefficient (Wildman–Crippen LogP) is 5.89. The number of benzene rings is 3. The summed E-state index contributed by atoms with van der Waals surface area (Å²) in [6, 6.07) is 17.2. The summed E-state index contributed by atoms with van der Waals surface area (Å²) in [7, 11) is 1.58. The number of hydrogen-bond acceptors (Lipinski definition) is 6. The van der Waals surface area contributed by atoms with Crippen LogP contribution >= 0.6 is 34.2 Å². The zero-order valence-corrected chi connectivity index (χ0v) is 18.8. The molecule has 0 saturated heterocycles. The first-order valence-electron chi connectivity index (χ1n) is 8.74. The lowest BCUT2D eigenvalue weighted by Crippen LogP contribution is -2.01. The van der Waals surface area contributed by atoms with Gasteiger partial charge in [-0.05, 0) is 70.1 Å². The van der Waals surface area contributed by atoms with Gasteiger partial charge in [-0.2, -0.15) is 5.10 Å². The van der Waals surface area contributed by atoms with Gasteiger partial charge in [-0.25, -0.2) is 0 Å². The lowest BCUT2D eigenvalue weighted by atomic mass is 10.2. The Hall–Kier alpha value is -2.85. The summed E-state index contributed by atoms with van der Waals surface area (Å²) < 4.78 is 12.3. The van der Waals surface area contributed by atoms with Gasteiger partial charge in [-0.3, -0.25) is 15.5 Å². The first-order chi connectivity index (χ1) is 14.5. The minimum atomic E-state index is -0.447. The zero-order valence-electron chi connectivity index (χ0n) is 15.8. The van der Waals surface area contributed by atoms with Gasteiger partial charge in [0.05, 0.1) is 27.5 Å². The average Bonchev–Trinajstić information content (AvgIpc) is 2.74. The molecule has 9 heteroatoms. The van der Waals surface area contributed by atoms with Gasteiger partial charge in [-0.1, -0.05) is 23.7 Å². The van der Waals surface area contributed by atoms with Crippen LogP contribution in [0.1, 0.15) is 11.1 Å². The fraction of sp³-hybridized carbons (Fsp3) is 0.0952. The number of ether oxygens (including phenoxy) is 2. The van der Waals surface area contributed by atoms with Crippen LogP contribution < -0.4 is 14.9 Å². The quantitative estimate of drug-likeness (QED) is 0.168. The van der Waals surface area contributed by atoms with E-state index in [1.54, 1.807) is 25.5 Å². The Kier molecular flexibility index (Phi) is 7.47. The van der Waals surface area contributed by atoms with Crippen molar-refractivity contribution in [2.45, 2.75) is 6.61 Å². The fourth-order valence-electron chi connectivity index (χ4n) is 2.53. The second kappa shape index (κ2) is 10.3. The van der Waals surface area contributed by atoms with Crippen molar-refractivity contribution in [2.75, 3.05) is 12.5 Å². The van der Waals surface area contributed by atoms with E-state index in [0.717, 1.165) is 14.7 Å². The van der Waals surface area contributed by atoms with Crippen molar-refractivity contribution in [1.82, 2.24) is 0 Å². The molecular formula is C21H17ClIN3O4. The van der Waals surface area contributed by atoms with Crippen LogP contribution in [0.4, 0.5) is 11.4 Å². The van der Waals surface area contributed by atoms with Gasteiger partial charge in [0, 0.05) is 17.2 Å². The number of hydrazone groups is 1. The molecule has 0 aliphatic rings. The highest BCUT2D eigenvalue weighted by molar-refractivity contribution is 14.1. The van der Waals surface area contributed by atoms with Crippen LogP contribution in [0.15, 0.2) is 65.8 Å². The van der Waals surface area contributed by atoms with E-state index in [1.807, 2.05) is 36.4 Å². The highest BCUT2D eigenvalue weighted by atomic mass is 127. The van der Waals surface area contributed by atoms with E-state index >= 15 is 0 Å². The van der Waals surface area contributed by atoms with Crippen molar-refractivity contribution in [1.29, 1.82) is 0 Å². The first-order valence-corrected chi connectivity index (χ1v) is 10.2. The number of nitro groups is 1. The van der Waals surface area contributed by atoms with Crippen molar-refractivity contribution < 1.29 is 14.4 Å². The van der Waals surface area contributed by atoms with Gasteiger partial charge in [0.1, 0.15) is 6.61 Å². The van der Waals surface area contributed by atoms with Crippen LogP contribution in [-0.4, -0.2) is 18.2 Å². The zero-order chi connectivity index (χ0) is 21.5. The molecule has 0 spiro atoms. The van der Waals surface area contributed by atoms with Crippen LogP contribution in [0.3, 0.4) is 0 Å². The number of nitrogens with one attached hydrogen (secondary N) is 1. The third kappa shape index (κ3) is 5.83. The van der Waals surface area contributed by atoms with Crippen LogP contribution in [0.25, 0.3) is 0 Å². The van der Waals surface area contributed by atoms with E-state index in [0.29, 0.717) is 28.8 Å². The van der Waals surface area contributed by atoms with Crippen molar-refractivity contribution in [3.63, 3.8) is 0 Å². The van der Waals surface area contributed by atoms with E-state index in [2.05, 4.69) is 33.1 Å². The van der Waals surface area contributed by atoms with Crippen molar-refractivity contribution in [2.24, 2.45) is 5.10 Å². The van der Waals surface area contributed by atoms with Crippen molar-refractivity contribution in [3.05, 3.63) is 90.5 Å². The maximum Gasteiger partial charge on any atom is 0.269 e. The molecule has 0 radical (unpaired) electrons. The highest BCUT2D eigenvalue weighted by Crippen LogP contribution is 2.34. The number of anilines is 1. The molecule has 0 bridgehead atoms. The Bertz CT molecular complexity index is 1060. The standard InChI is InChI=1S/C21H17ClIN3O4/c1-29-20-11-15(12-24-25-17-6-8-18(9-7-17)26(27)28)10-19(23)21(20)30-13-14-2-4-16(22)5-3-14/h2-12,25H,13H2,1H3/b24-12-. The maximum atomic E-state index is 10.7. The van der Waals surface area contributed by atoms with E-state index in [9.17, 15) is 10.1 Å². The Morgan fingerprint density at radius 1 is 1.17 bits per heavy atom. The van der Waals surface area contributed by atoms with Gasteiger partial charge in [0.15, 0.2) is 11.5 Å². The number of nitro benzene ring substituents is 1. The second-order valence-corrected chi connectivity index (χ2v) is 7.72. The molecule has 0 heterocycles. The van der Waals surface area contributed by atoms with Gasteiger partial charge in [-0.15, -0.1) is 0 Å². The monoisotopic (exact) mass is 537 g/mol. The first kappa shape index (κ1) is 21.8. The van der Waals surface area contributed by atoms with E-state index in [-0.39, 0.29) is 5.69 Å². The molecule has 0 fully saturated rings. The lowest BCUT2D eigenvalue weighted by Gasteiger charge is -2.13. The second-order valence-electron chi connectivity index (χ2n) is 6.12. The number of rotatable bonds is 8. The van der Waals surface area contributed by atoms with E-state index in [1.165, 1.54) is 12.1 Å². The summed E-state index contributed by atoms with van der Waals surface area (Å²) in [6.45, 7) is 0.388. The van der Waals surface area contributed by atoms with Crippen LogP contribution in [-0.2, 0) is 6.61 Å². The van der Waals surface area contributed by atoms with Crippen LogP contribution in [0.2, 0.25) is 5.02 Å². The van der Waals surface area contributed by atoms with Crippen LogP contribution in [0.5, 0.6) is 11.5 Å². The molecule has 30 heavy (non-hydrogen) atoms. The smallest absolute Gasteiger partial charge is 0.269 e. The summed E-state index contributed by atoms with van der Waals surface area (Å²) in [6.07, 6.45) is 1.63. The van der Waals surface area contributed by atoms with Gasteiger partial charge >= 0.3 is 0 Å². The maximum absolute atomic E-state index is 10.7. The Morgan fingerprint density at radius 3 is 2.50 bits per heavy atom. The number of non-ortho nitro benzene ring substituents is 1. The van der Waals surface area contributed by atoms with Crippen LogP contribution in [0, 0.1) is 13.7 Å². The number of halogens is 2. The third-order valence-corrected chi connectivity index (χ3v) is 5.09. The average molecular weight is 538 g/mol. The Labute approximate surface area is 192 Å². The normalized spacial score (nSPS) is 10.8. The highest BCUT2D eigenvalue weighted by Gasteiger charge is 2.11. The van der Waals surface area contributed by atoms with Gasteiger partial charge in [0.2, 0.25) is 0 Å².